The molecule has 0 aromatic carbocycles. The van der Waals surface area contributed by atoms with Gasteiger partial charge in [0.25, 0.3) is 11.7 Å². The van der Waals surface area contributed by atoms with E-state index in [0.717, 1.165) is 17.7 Å². The van der Waals surface area contributed by atoms with Gasteiger partial charge >= 0.3 is 5.97 Å². The molecule has 0 radical (unpaired) electrons. The van der Waals surface area contributed by atoms with Crippen molar-refractivity contribution in [1.29, 1.82) is 0 Å². The minimum atomic E-state index is -2.43. The van der Waals surface area contributed by atoms with Crippen LogP contribution in [0.1, 0.15) is 137 Å². The summed E-state index contributed by atoms with van der Waals surface area (Å²) in [7, 11) is 2.95. The van der Waals surface area contributed by atoms with Gasteiger partial charge < -0.3 is 44.2 Å². The van der Waals surface area contributed by atoms with Crippen molar-refractivity contribution in [3.05, 3.63) is 71.6 Å². The van der Waals surface area contributed by atoms with Gasteiger partial charge in [0.05, 0.1) is 18.3 Å². The second-order valence-electron chi connectivity index (χ2n) is 20.5. The molecule has 4 N–H and O–H groups in total. The van der Waals surface area contributed by atoms with Gasteiger partial charge in [-0.2, -0.15) is 0 Å². The number of fused-ring (bicyclic) bond motifs is 3. The van der Waals surface area contributed by atoms with E-state index in [2.05, 4.69) is 4.98 Å². The molecule has 2 saturated heterocycles. The molecule has 1 saturated carbocycles. The summed E-state index contributed by atoms with van der Waals surface area (Å²) in [5.74, 6) is -8.09. The number of aliphatic hydroxyl groups is 3. The minimum Gasteiger partial charge on any atom is -0.460 e. The lowest BCUT2D eigenvalue weighted by Gasteiger charge is -2.43. The zero-order valence-corrected chi connectivity index (χ0v) is 41.9. The number of methoxy groups -OCH3 is 2. The van der Waals surface area contributed by atoms with Gasteiger partial charge in [-0.25, -0.2) is 4.79 Å². The predicted molar refractivity (Wildman–Crippen MR) is 258 cm³/mol. The molecule has 378 valence electrons. The number of hydrogen-bond donors (Lipinski definition) is 4. The van der Waals surface area contributed by atoms with E-state index in [0.29, 0.717) is 63.4 Å². The van der Waals surface area contributed by atoms with Crippen LogP contribution in [0.2, 0.25) is 0 Å². The number of ketones is 3. The molecule has 14 nitrogen and oxygen atoms in total. The Morgan fingerprint density at radius 2 is 1.65 bits per heavy atom. The van der Waals surface area contributed by atoms with Gasteiger partial charge in [0, 0.05) is 62.7 Å². The molecule has 68 heavy (non-hydrogen) atoms. The number of nitrogens with zero attached hydrogens (tertiary/aromatic N) is 1. The summed E-state index contributed by atoms with van der Waals surface area (Å²) in [5, 5.41) is 34.1. The van der Waals surface area contributed by atoms with Gasteiger partial charge in [0.2, 0.25) is 5.79 Å². The Labute approximate surface area is 404 Å². The molecule has 0 unspecified atom stereocenters. The van der Waals surface area contributed by atoms with Gasteiger partial charge in [-0.1, -0.05) is 76.6 Å². The van der Waals surface area contributed by atoms with Crippen LogP contribution in [0.3, 0.4) is 0 Å². The second-order valence-corrected chi connectivity index (χ2v) is 20.5. The Kier molecular flexibility index (Phi) is 20.3. The molecule has 3 aliphatic heterocycles. The van der Waals surface area contributed by atoms with E-state index in [1.807, 2.05) is 76.4 Å². The number of amides is 1. The largest absolute Gasteiger partial charge is 0.460 e. The number of allylic oxidation sites excluding steroid dienone is 7. The highest BCUT2D eigenvalue weighted by Crippen LogP contribution is 2.40. The molecule has 0 spiro atoms. The van der Waals surface area contributed by atoms with E-state index < -0.39 is 77.8 Å². The summed E-state index contributed by atoms with van der Waals surface area (Å²) in [6, 6.07) is 2.75. The number of Topliss-reactive ketones (excluding diaryl/α,β-unsaturated/α-hetero) is 3. The molecular formula is C54H80N2O12. The highest BCUT2D eigenvalue weighted by atomic mass is 16.6. The van der Waals surface area contributed by atoms with E-state index in [4.69, 9.17) is 18.9 Å². The van der Waals surface area contributed by atoms with Gasteiger partial charge in [-0.05, 0) is 120 Å². The first-order chi connectivity index (χ1) is 32.3. The number of hydrogen-bond acceptors (Lipinski definition) is 12. The first kappa shape index (κ1) is 54.9. The Bertz CT molecular complexity index is 1990. The van der Waals surface area contributed by atoms with Gasteiger partial charge in [0.1, 0.15) is 30.1 Å². The van der Waals surface area contributed by atoms with Crippen LogP contribution >= 0.6 is 0 Å². The van der Waals surface area contributed by atoms with Crippen molar-refractivity contribution < 1.29 is 58.2 Å². The van der Waals surface area contributed by atoms with Crippen molar-refractivity contribution in [2.45, 2.75) is 180 Å². The number of aliphatic hydroxyl groups excluding tert-OH is 2. The van der Waals surface area contributed by atoms with Gasteiger partial charge in [-0.3, -0.25) is 19.2 Å². The third kappa shape index (κ3) is 13.8. The fourth-order valence-electron chi connectivity index (χ4n) is 10.8. The van der Waals surface area contributed by atoms with Crippen LogP contribution in [-0.2, 0) is 42.9 Å². The van der Waals surface area contributed by atoms with E-state index in [1.54, 1.807) is 34.0 Å². The summed E-state index contributed by atoms with van der Waals surface area (Å²) in [6.07, 6.45) is 13.9. The van der Waals surface area contributed by atoms with Crippen LogP contribution in [0, 0.1) is 35.5 Å². The molecule has 1 aromatic heterocycles. The first-order valence-corrected chi connectivity index (χ1v) is 25.1. The lowest BCUT2D eigenvalue weighted by atomic mass is 9.78. The predicted octanol–water partition coefficient (Wildman–Crippen LogP) is 7.28. The number of aromatic nitrogens is 1. The number of piperidine rings is 1. The molecule has 4 heterocycles. The standard InChI is InChI=1S/C54H80N2O12/c1-32-16-11-10-12-17-33(2)41(42-18-15-24-55-42)30-40-22-20-38(7)54(64,68-40)51(61)52(62)56-25-14-13-19-43(56)53(63)67-46(35(4)28-39-21-23-44(57)47(29-39)65-8)31-45(58)34(3)27-37(6)49(60)50(66-9)48(59)36(5)26-32/h10-12,15-18,24,27,32,34-36,38-41,43-44,46-47,49-50,55,57,60,64H,13-14,19-23,25-26,28-31H2,1-9H3/b12-10+,16-11+,33-17+,37-27+/t32-,34-,35-,36-,38-,39+,40+,41-,43+,44-,46+,47-,49-,50+,54-/m1/s1. The quantitative estimate of drug-likeness (QED) is 0.126. The number of ether oxygens (including phenoxy) is 4. The zero-order valence-electron chi connectivity index (χ0n) is 41.9. The SMILES string of the molecule is CO[C@@H]1C[C@H](C[C@@H](C)[C@@H]2CC(=O)[C@H](C)/C=C(\C)[C@@H](O)[C@@H](OC)C(=O)[C@H](C)C[C@H](C)/C=C/C=C/C=C(\C)[C@H](c3ccc[nH]3)C[C@@H]3CC[C@@H](C)[C@@](O)(O3)C(=O)C(=O)N3CCCC[C@H]3C(=O)O2)CC[C@H]1O. The number of nitrogens with one attached hydrogen (secondary N) is 1. The maximum absolute atomic E-state index is 14.5. The normalized spacial score (nSPS) is 39.1. The fourth-order valence-corrected chi connectivity index (χ4v) is 10.8. The fraction of sp³-hybridized carbons (Fsp3) is 0.685. The smallest absolute Gasteiger partial charge is 0.329 e. The highest BCUT2D eigenvalue weighted by molar-refractivity contribution is 6.39. The van der Waals surface area contributed by atoms with Crippen molar-refractivity contribution in [3.8, 4) is 0 Å². The Hall–Kier alpha value is -4.05. The van der Waals surface area contributed by atoms with E-state index >= 15 is 0 Å². The minimum absolute atomic E-state index is 0.0193. The average molecular weight is 949 g/mol. The summed E-state index contributed by atoms with van der Waals surface area (Å²) in [4.78, 5) is 75.7. The van der Waals surface area contributed by atoms with E-state index in [1.165, 1.54) is 12.0 Å². The molecule has 1 aliphatic carbocycles. The number of cyclic esters (lactones) is 1. The molecule has 1 amide bonds. The first-order valence-electron chi connectivity index (χ1n) is 25.1. The molecule has 3 fully saturated rings. The van der Waals surface area contributed by atoms with Crippen LogP contribution in [0.25, 0.3) is 0 Å². The lowest BCUT2D eigenvalue weighted by molar-refractivity contribution is -0.264. The molecule has 2 bridgehead atoms. The Morgan fingerprint density at radius 1 is 0.897 bits per heavy atom. The lowest BCUT2D eigenvalue weighted by Crippen LogP contribution is -2.60. The zero-order chi connectivity index (χ0) is 49.9. The van der Waals surface area contributed by atoms with E-state index in [-0.39, 0.29) is 60.7 Å². The van der Waals surface area contributed by atoms with Crippen molar-refractivity contribution in [2.75, 3.05) is 20.8 Å². The summed E-state index contributed by atoms with van der Waals surface area (Å²) < 4.78 is 23.8. The average Bonchev–Trinajstić information content (AvgIpc) is 3.86. The van der Waals surface area contributed by atoms with Gasteiger partial charge in [-0.15, -0.1) is 0 Å². The number of aromatic amines is 1. The molecular weight excluding hydrogens is 869 g/mol. The number of carbonyl (C=O) groups excluding carboxylic acids is 5. The summed E-state index contributed by atoms with van der Waals surface area (Å²) in [5.41, 5.74) is 2.32. The van der Waals surface area contributed by atoms with E-state index in [9.17, 15) is 39.3 Å². The third-order valence-corrected chi connectivity index (χ3v) is 15.3. The van der Waals surface area contributed by atoms with Crippen LogP contribution in [0.15, 0.2) is 65.9 Å². The maximum Gasteiger partial charge on any atom is 0.329 e. The second kappa shape index (κ2) is 25.2. The summed E-state index contributed by atoms with van der Waals surface area (Å²) >= 11 is 0. The van der Waals surface area contributed by atoms with Crippen molar-refractivity contribution in [1.82, 2.24) is 9.88 Å². The number of rotatable bonds is 6. The van der Waals surface area contributed by atoms with Crippen LogP contribution in [0.4, 0.5) is 0 Å². The molecule has 4 aliphatic rings. The molecule has 5 rings (SSSR count). The maximum atomic E-state index is 14.5. The van der Waals surface area contributed by atoms with Gasteiger partial charge in [0.15, 0.2) is 5.78 Å². The highest BCUT2D eigenvalue weighted by Gasteiger charge is 2.53. The third-order valence-electron chi connectivity index (χ3n) is 15.3. The van der Waals surface area contributed by atoms with Crippen molar-refractivity contribution in [3.63, 3.8) is 0 Å². The molecule has 14 heteroatoms. The Balaban J connectivity index is 1.49. The Morgan fingerprint density at radius 3 is 2.34 bits per heavy atom. The molecule has 15 atom stereocenters. The number of esters is 1. The number of H-pyrrole nitrogens is 1. The topological polar surface area (TPSA) is 202 Å². The van der Waals surface area contributed by atoms with Crippen molar-refractivity contribution >= 4 is 29.2 Å². The number of carbonyl (C=O) groups is 5. The monoisotopic (exact) mass is 949 g/mol. The molecule has 1 aromatic rings. The summed E-state index contributed by atoms with van der Waals surface area (Å²) in [6.45, 7) is 12.9. The van der Waals surface area contributed by atoms with Crippen molar-refractivity contribution in [2.24, 2.45) is 35.5 Å². The van der Waals surface area contributed by atoms with Crippen LogP contribution in [-0.4, -0.2) is 124 Å². The van der Waals surface area contributed by atoms with Crippen LogP contribution < -0.4 is 0 Å². The van der Waals surface area contributed by atoms with Crippen LogP contribution in [0.5, 0.6) is 0 Å².